The van der Waals surface area contributed by atoms with Gasteiger partial charge >= 0.3 is 0 Å². The lowest BCUT2D eigenvalue weighted by molar-refractivity contribution is 0.403. The van der Waals surface area contributed by atoms with Crippen LogP contribution in [0.15, 0.2) is 34.9 Å². The van der Waals surface area contributed by atoms with Crippen LogP contribution in [0.25, 0.3) is 0 Å². The molecule has 0 N–H and O–H groups in total. The van der Waals surface area contributed by atoms with Crippen LogP contribution in [0, 0.1) is 11.9 Å². The van der Waals surface area contributed by atoms with E-state index in [2.05, 4.69) is 25.9 Å². The topological polar surface area (TPSA) is 35.0 Å². The number of aromatic nitrogens is 2. The largest absolute Gasteiger partial charge is 0.434 e. The molecule has 2 aromatic rings. The minimum atomic E-state index is -1.01. The predicted molar refractivity (Wildman–Crippen MR) is 56.2 cm³/mol. The van der Waals surface area contributed by atoms with Gasteiger partial charge in [-0.2, -0.15) is 13.8 Å². The summed E-state index contributed by atoms with van der Waals surface area (Å²) in [6.07, 6.45) is 0. The highest BCUT2D eigenvalue weighted by atomic mass is 79.9. The summed E-state index contributed by atoms with van der Waals surface area (Å²) in [5.41, 5.74) is 0. The fraction of sp³-hybridized carbons (Fsp3) is 0. The maximum absolute atomic E-state index is 13.1. The molecule has 0 bridgehead atoms. The molecule has 2 aromatic heterocycles. The summed E-state index contributed by atoms with van der Waals surface area (Å²) in [5, 5.41) is 0. The predicted octanol–water partition coefficient (Wildman–Crippen LogP) is 3.31. The van der Waals surface area contributed by atoms with E-state index in [0.29, 0.717) is 4.60 Å². The van der Waals surface area contributed by atoms with Crippen molar-refractivity contribution in [2.45, 2.75) is 0 Å². The van der Waals surface area contributed by atoms with Gasteiger partial charge in [0.15, 0.2) is 5.75 Å². The molecule has 16 heavy (non-hydrogen) atoms. The minimum Gasteiger partial charge on any atom is -0.434 e. The van der Waals surface area contributed by atoms with E-state index in [1.807, 2.05) is 0 Å². The highest BCUT2D eigenvalue weighted by Crippen LogP contribution is 2.22. The highest BCUT2D eigenvalue weighted by Gasteiger charge is 2.08. The van der Waals surface area contributed by atoms with Crippen molar-refractivity contribution in [2.75, 3.05) is 0 Å². The van der Waals surface area contributed by atoms with E-state index in [1.54, 1.807) is 18.2 Å². The summed E-state index contributed by atoms with van der Waals surface area (Å²) in [5.74, 6) is -1.89. The summed E-state index contributed by atoms with van der Waals surface area (Å²) in [6.45, 7) is 0. The summed E-state index contributed by atoms with van der Waals surface area (Å²) in [7, 11) is 0. The molecule has 0 aliphatic rings. The van der Waals surface area contributed by atoms with Gasteiger partial charge in [-0.3, -0.25) is 0 Å². The number of hydrogen-bond acceptors (Lipinski definition) is 3. The summed E-state index contributed by atoms with van der Waals surface area (Å²) < 4.78 is 31.3. The van der Waals surface area contributed by atoms with Gasteiger partial charge in [-0.1, -0.05) is 6.07 Å². The number of pyridine rings is 2. The third-order valence-electron chi connectivity index (χ3n) is 1.68. The number of hydrogen-bond donors (Lipinski definition) is 0. The number of nitrogens with zero attached hydrogens (tertiary/aromatic N) is 2. The van der Waals surface area contributed by atoms with Crippen LogP contribution >= 0.6 is 15.9 Å². The molecule has 0 aliphatic heterocycles. The van der Waals surface area contributed by atoms with Crippen LogP contribution in [0.2, 0.25) is 0 Å². The van der Waals surface area contributed by atoms with Crippen molar-refractivity contribution in [2.24, 2.45) is 0 Å². The second kappa shape index (κ2) is 4.52. The van der Waals surface area contributed by atoms with E-state index in [-0.39, 0.29) is 11.6 Å². The quantitative estimate of drug-likeness (QED) is 0.795. The first-order valence-electron chi connectivity index (χ1n) is 4.27. The third-order valence-corrected chi connectivity index (χ3v) is 2.13. The molecule has 3 nitrogen and oxygen atoms in total. The monoisotopic (exact) mass is 286 g/mol. The van der Waals surface area contributed by atoms with Gasteiger partial charge in [-0.15, -0.1) is 0 Å². The zero-order valence-corrected chi connectivity index (χ0v) is 9.41. The number of halogens is 3. The van der Waals surface area contributed by atoms with Gasteiger partial charge in [0.05, 0.1) is 0 Å². The first-order valence-corrected chi connectivity index (χ1v) is 5.07. The third kappa shape index (κ3) is 2.52. The van der Waals surface area contributed by atoms with Crippen LogP contribution in [-0.4, -0.2) is 9.97 Å². The summed E-state index contributed by atoms with van der Waals surface area (Å²) in [6, 6.07) is 7.09. The fourth-order valence-electron chi connectivity index (χ4n) is 1.03. The van der Waals surface area contributed by atoms with E-state index >= 15 is 0 Å². The Balaban J connectivity index is 2.27. The van der Waals surface area contributed by atoms with Crippen molar-refractivity contribution in [1.29, 1.82) is 0 Å². The Bertz CT molecular complexity index is 522. The van der Waals surface area contributed by atoms with Gasteiger partial charge in [0.2, 0.25) is 11.8 Å². The molecule has 2 heterocycles. The van der Waals surface area contributed by atoms with E-state index in [4.69, 9.17) is 4.74 Å². The van der Waals surface area contributed by atoms with Crippen LogP contribution in [0.5, 0.6) is 11.6 Å². The zero-order valence-electron chi connectivity index (χ0n) is 7.82. The molecule has 0 spiro atoms. The normalized spacial score (nSPS) is 10.2. The molecule has 0 radical (unpaired) electrons. The maximum atomic E-state index is 13.1. The van der Waals surface area contributed by atoms with E-state index < -0.39 is 11.9 Å². The molecule has 0 saturated heterocycles. The van der Waals surface area contributed by atoms with E-state index in [0.717, 1.165) is 12.1 Å². The van der Waals surface area contributed by atoms with Gasteiger partial charge in [0, 0.05) is 6.07 Å². The van der Waals surface area contributed by atoms with Crippen molar-refractivity contribution >= 4 is 15.9 Å². The van der Waals surface area contributed by atoms with Crippen molar-refractivity contribution < 1.29 is 13.5 Å². The minimum absolute atomic E-state index is 0.174. The Labute approximate surface area is 98.2 Å². The maximum Gasteiger partial charge on any atom is 0.258 e. The lowest BCUT2D eigenvalue weighted by atomic mass is 10.4. The number of rotatable bonds is 2. The molecule has 82 valence electrons. The second-order valence-electron chi connectivity index (χ2n) is 2.82. The first kappa shape index (κ1) is 10.9. The average Bonchev–Trinajstić information content (AvgIpc) is 2.22. The molecule has 0 aliphatic carbocycles. The van der Waals surface area contributed by atoms with Crippen LogP contribution in [0.1, 0.15) is 0 Å². The molecule has 0 atom stereocenters. The van der Waals surface area contributed by atoms with Crippen molar-refractivity contribution in [1.82, 2.24) is 9.97 Å². The zero-order chi connectivity index (χ0) is 11.5. The van der Waals surface area contributed by atoms with Crippen LogP contribution < -0.4 is 4.74 Å². The lowest BCUT2D eigenvalue weighted by Gasteiger charge is -2.04. The average molecular weight is 287 g/mol. The first-order chi connectivity index (χ1) is 7.65. The Morgan fingerprint density at radius 1 is 1.06 bits per heavy atom. The van der Waals surface area contributed by atoms with Crippen LogP contribution in [-0.2, 0) is 0 Å². The van der Waals surface area contributed by atoms with Crippen LogP contribution in [0.3, 0.4) is 0 Å². The van der Waals surface area contributed by atoms with Gasteiger partial charge in [-0.05, 0) is 34.1 Å². The van der Waals surface area contributed by atoms with Gasteiger partial charge in [-0.25, -0.2) is 4.98 Å². The second-order valence-corrected chi connectivity index (χ2v) is 3.64. The lowest BCUT2D eigenvalue weighted by Crippen LogP contribution is -1.95. The molecule has 0 saturated carbocycles. The molecular weight excluding hydrogens is 282 g/mol. The molecule has 0 amide bonds. The standard InChI is InChI=1S/C10H5BrF2N2O/c11-7-2-1-3-9(14-7)16-6-4-5-8(12)15-10(6)13/h1-5H. The van der Waals surface area contributed by atoms with Crippen LogP contribution in [0.4, 0.5) is 8.78 Å². The summed E-state index contributed by atoms with van der Waals surface area (Å²) in [4.78, 5) is 6.93. The van der Waals surface area contributed by atoms with Gasteiger partial charge < -0.3 is 4.74 Å². The Morgan fingerprint density at radius 3 is 2.56 bits per heavy atom. The SMILES string of the molecule is Fc1ccc(Oc2cccc(Br)n2)c(F)n1. The molecular formula is C10H5BrF2N2O. The number of ether oxygens (including phenoxy) is 1. The molecule has 0 fully saturated rings. The van der Waals surface area contributed by atoms with Gasteiger partial charge in [0.25, 0.3) is 5.95 Å². The molecule has 0 unspecified atom stereocenters. The Morgan fingerprint density at radius 2 is 1.88 bits per heavy atom. The van der Waals surface area contributed by atoms with E-state index in [9.17, 15) is 8.78 Å². The fourth-order valence-corrected chi connectivity index (χ4v) is 1.36. The summed E-state index contributed by atoms with van der Waals surface area (Å²) >= 11 is 3.15. The van der Waals surface area contributed by atoms with E-state index in [1.165, 1.54) is 0 Å². The molecule has 2 rings (SSSR count). The van der Waals surface area contributed by atoms with Gasteiger partial charge in [0.1, 0.15) is 4.60 Å². The smallest absolute Gasteiger partial charge is 0.258 e. The molecule has 0 aromatic carbocycles. The Hall–Kier alpha value is -1.56. The Kier molecular flexibility index (Phi) is 3.09. The molecule has 6 heteroatoms. The highest BCUT2D eigenvalue weighted by molar-refractivity contribution is 9.10. The van der Waals surface area contributed by atoms with Crippen molar-refractivity contribution in [3.05, 3.63) is 46.8 Å². The van der Waals surface area contributed by atoms with Crippen molar-refractivity contribution in [3.63, 3.8) is 0 Å². The van der Waals surface area contributed by atoms with Crippen molar-refractivity contribution in [3.8, 4) is 11.6 Å².